The molecule has 0 spiro atoms. The summed E-state index contributed by atoms with van der Waals surface area (Å²) in [5, 5.41) is 3.25. The summed E-state index contributed by atoms with van der Waals surface area (Å²) in [6.45, 7) is 3.41. The van der Waals surface area contributed by atoms with Crippen LogP contribution in [-0.2, 0) is 11.3 Å². The average Bonchev–Trinajstić information content (AvgIpc) is 2.37. The molecule has 0 heterocycles. The van der Waals surface area contributed by atoms with E-state index in [4.69, 9.17) is 9.47 Å². The Hall–Kier alpha value is -1.27. The third kappa shape index (κ3) is 5.38. The highest BCUT2D eigenvalue weighted by Crippen LogP contribution is 2.25. The van der Waals surface area contributed by atoms with Crippen LogP contribution in [0.3, 0.4) is 0 Å². The van der Waals surface area contributed by atoms with Crippen LogP contribution in [0.4, 0.5) is 13.2 Å². The van der Waals surface area contributed by atoms with Crippen molar-refractivity contribution in [3.05, 3.63) is 29.3 Å². The van der Waals surface area contributed by atoms with Crippen LogP contribution in [0.15, 0.2) is 18.2 Å². The van der Waals surface area contributed by atoms with Gasteiger partial charge in [0.2, 0.25) is 0 Å². The zero-order valence-electron chi connectivity index (χ0n) is 11.9. The molecular weight excluding hydrogens is 271 g/mol. The Morgan fingerprint density at radius 1 is 1.30 bits per heavy atom. The van der Waals surface area contributed by atoms with Gasteiger partial charge in [0.05, 0.1) is 13.7 Å². The van der Waals surface area contributed by atoms with E-state index in [0.717, 1.165) is 12.1 Å². The van der Waals surface area contributed by atoms with Gasteiger partial charge in [-0.2, -0.15) is 13.2 Å². The zero-order valence-corrected chi connectivity index (χ0v) is 11.9. The van der Waals surface area contributed by atoms with Crippen molar-refractivity contribution >= 4 is 0 Å². The Bertz CT molecular complexity index is 421. The summed E-state index contributed by atoms with van der Waals surface area (Å²) in [5.74, 6) is 0.527. The van der Waals surface area contributed by atoms with Crippen LogP contribution in [0.2, 0.25) is 0 Å². The minimum Gasteiger partial charge on any atom is -0.496 e. The number of benzene rings is 1. The summed E-state index contributed by atoms with van der Waals surface area (Å²) < 4.78 is 46.1. The first-order chi connectivity index (χ1) is 9.37. The van der Waals surface area contributed by atoms with Gasteiger partial charge in [0.15, 0.2) is 0 Å². The number of hydrogen-bond acceptors (Lipinski definition) is 3. The molecule has 0 aliphatic carbocycles. The van der Waals surface area contributed by atoms with Gasteiger partial charge in [-0.15, -0.1) is 0 Å². The van der Waals surface area contributed by atoms with Crippen molar-refractivity contribution in [2.75, 3.05) is 20.3 Å². The van der Waals surface area contributed by atoms with Crippen molar-refractivity contribution in [2.45, 2.75) is 32.7 Å². The highest BCUT2D eigenvalue weighted by molar-refractivity contribution is 5.38. The molecule has 1 aromatic carbocycles. The van der Waals surface area contributed by atoms with Gasteiger partial charge in [-0.05, 0) is 31.2 Å². The largest absolute Gasteiger partial charge is 0.496 e. The molecule has 0 fully saturated rings. The maximum absolute atomic E-state index is 12.1. The molecule has 0 aliphatic heterocycles. The Balaban J connectivity index is 2.78. The van der Waals surface area contributed by atoms with Gasteiger partial charge < -0.3 is 14.8 Å². The first kappa shape index (κ1) is 16.8. The van der Waals surface area contributed by atoms with Gasteiger partial charge in [0.1, 0.15) is 12.4 Å². The second-order valence-corrected chi connectivity index (χ2v) is 4.46. The van der Waals surface area contributed by atoms with Crippen LogP contribution in [-0.4, -0.2) is 26.4 Å². The van der Waals surface area contributed by atoms with Crippen LogP contribution in [0.1, 0.15) is 31.0 Å². The monoisotopic (exact) mass is 291 g/mol. The van der Waals surface area contributed by atoms with Crippen molar-refractivity contribution in [3.8, 4) is 5.75 Å². The molecule has 1 aromatic rings. The van der Waals surface area contributed by atoms with Crippen LogP contribution < -0.4 is 10.1 Å². The Labute approximate surface area is 117 Å². The summed E-state index contributed by atoms with van der Waals surface area (Å²) in [6.07, 6.45) is -4.32. The van der Waals surface area contributed by atoms with E-state index in [-0.39, 0.29) is 12.6 Å². The molecule has 0 radical (unpaired) electrons. The quantitative estimate of drug-likeness (QED) is 0.834. The zero-order chi connectivity index (χ0) is 15.2. The lowest BCUT2D eigenvalue weighted by molar-refractivity contribution is -0.176. The van der Waals surface area contributed by atoms with Gasteiger partial charge in [-0.25, -0.2) is 0 Å². The number of halogens is 3. The van der Waals surface area contributed by atoms with Crippen molar-refractivity contribution in [1.29, 1.82) is 0 Å². The molecule has 1 atom stereocenters. The minimum atomic E-state index is -4.32. The number of methoxy groups -OCH3 is 1. The van der Waals surface area contributed by atoms with Gasteiger partial charge in [-0.3, -0.25) is 0 Å². The van der Waals surface area contributed by atoms with Crippen LogP contribution in [0, 0.1) is 0 Å². The second-order valence-electron chi connectivity index (χ2n) is 4.46. The molecule has 0 aromatic heterocycles. The van der Waals surface area contributed by atoms with Gasteiger partial charge in [-0.1, -0.05) is 13.0 Å². The Morgan fingerprint density at radius 2 is 2.00 bits per heavy atom. The van der Waals surface area contributed by atoms with Crippen molar-refractivity contribution < 1.29 is 22.6 Å². The maximum atomic E-state index is 12.1. The van der Waals surface area contributed by atoms with Gasteiger partial charge in [0, 0.05) is 11.6 Å². The summed E-state index contributed by atoms with van der Waals surface area (Å²) in [4.78, 5) is 0. The van der Waals surface area contributed by atoms with E-state index in [1.165, 1.54) is 7.11 Å². The lowest BCUT2D eigenvalue weighted by atomic mass is 10.0. The summed E-state index contributed by atoms with van der Waals surface area (Å²) in [6, 6.07) is 5.56. The Morgan fingerprint density at radius 3 is 2.55 bits per heavy atom. The van der Waals surface area contributed by atoms with Crippen LogP contribution in [0.25, 0.3) is 0 Å². The molecule has 1 rings (SSSR count). The molecule has 0 aliphatic rings. The van der Waals surface area contributed by atoms with Gasteiger partial charge >= 0.3 is 6.18 Å². The summed E-state index contributed by atoms with van der Waals surface area (Å²) >= 11 is 0. The SMILES string of the molecule is CCNC(C)c1ccc(OC)c(COCC(F)(F)F)c1. The van der Waals surface area contributed by atoms with E-state index in [2.05, 4.69) is 5.32 Å². The fraction of sp³-hybridized carbons (Fsp3) is 0.571. The van der Waals surface area contributed by atoms with Crippen molar-refractivity contribution in [1.82, 2.24) is 5.32 Å². The Kier molecular flexibility index (Phi) is 6.29. The fourth-order valence-electron chi connectivity index (χ4n) is 1.88. The molecule has 1 unspecified atom stereocenters. The predicted octanol–water partition coefficient (Wildman–Crippen LogP) is 3.44. The molecular formula is C14H20F3NO2. The molecule has 1 N–H and O–H groups in total. The topological polar surface area (TPSA) is 30.5 Å². The van der Waals surface area contributed by atoms with Crippen LogP contribution in [0.5, 0.6) is 5.75 Å². The fourth-order valence-corrected chi connectivity index (χ4v) is 1.88. The first-order valence-electron chi connectivity index (χ1n) is 6.42. The van der Waals surface area contributed by atoms with Crippen molar-refractivity contribution in [3.63, 3.8) is 0 Å². The molecule has 0 amide bonds. The minimum absolute atomic E-state index is 0.118. The van der Waals surface area contributed by atoms with E-state index in [9.17, 15) is 13.2 Å². The summed E-state index contributed by atoms with van der Waals surface area (Å²) in [7, 11) is 1.48. The number of ether oxygens (including phenoxy) is 2. The predicted molar refractivity (Wildman–Crippen MR) is 70.8 cm³/mol. The third-order valence-electron chi connectivity index (χ3n) is 2.84. The molecule has 6 heteroatoms. The summed E-state index contributed by atoms with van der Waals surface area (Å²) in [5.41, 5.74) is 1.59. The number of rotatable bonds is 7. The normalized spacial score (nSPS) is 13.3. The average molecular weight is 291 g/mol. The highest BCUT2D eigenvalue weighted by atomic mass is 19.4. The number of nitrogens with one attached hydrogen (secondary N) is 1. The molecule has 20 heavy (non-hydrogen) atoms. The lowest BCUT2D eigenvalue weighted by Gasteiger charge is -2.16. The van der Waals surface area contributed by atoms with E-state index < -0.39 is 12.8 Å². The standard InChI is InChI=1S/C14H20F3NO2/c1-4-18-10(2)11-5-6-13(19-3)12(7-11)8-20-9-14(15,16)17/h5-7,10,18H,4,8-9H2,1-3H3. The molecule has 3 nitrogen and oxygen atoms in total. The second kappa shape index (κ2) is 7.50. The van der Waals surface area contributed by atoms with Crippen LogP contribution >= 0.6 is 0 Å². The number of hydrogen-bond donors (Lipinski definition) is 1. The third-order valence-corrected chi connectivity index (χ3v) is 2.84. The van der Waals surface area contributed by atoms with E-state index in [0.29, 0.717) is 11.3 Å². The molecule has 0 saturated carbocycles. The molecule has 0 saturated heterocycles. The number of alkyl halides is 3. The van der Waals surface area contributed by atoms with E-state index in [1.54, 1.807) is 6.07 Å². The van der Waals surface area contributed by atoms with Gasteiger partial charge in [0.25, 0.3) is 0 Å². The van der Waals surface area contributed by atoms with E-state index >= 15 is 0 Å². The molecule has 0 bridgehead atoms. The van der Waals surface area contributed by atoms with E-state index in [1.807, 2.05) is 26.0 Å². The smallest absolute Gasteiger partial charge is 0.411 e. The molecule has 114 valence electrons. The highest BCUT2D eigenvalue weighted by Gasteiger charge is 2.27. The lowest BCUT2D eigenvalue weighted by Crippen LogP contribution is -2.18. The van der Waals surface area contributed by atoms with Crippen molar-refractivity contribution in [2.24, 2.45) is 0 Å². The first-order valence-corrected chi connectivity index (χ1v) is 6.42. The maximum Gasteiger partial charge on any atom is 0.411 e.